The van der Waals surface area contributed by atoms with Crippen molar-refractivity contribution in [1.29, 1.82) is 0 Å². The summed E-state index contributed by atoms with van der Waals surface area (Å²) in [7, 11) is -6.42. The maximum Gasteiger partial charge on any atom is 0.310 e. The van der Waals surface area contributed by atoms with E-state index in [4.69, 9.17) is 59.1 Å². The van der Waals surface area contributed by atoms with E-state index in [0.29, 0.717) is 4.88 Å². The Morgan fingerprint density at radius 3 is 2.46 bits per heavy atom. The molecule has 0 radical (unpaired) electrons. The molecule has 3 aromatic rings. The number of hydrogen-bond acceptors (Lipinski definition) is 14. The number of phenols is 1. The molecule has 0 amide bonds. The number of carbonyl (C=O) groups is 1. The molecule has 0 spiro atoms. The summed E-state index contributed by atoms with van der Waals surface area (Å²) in [5.74, 6) is -9.20. The zero-order valence-electron chi connectivity index (χ0n) is 35.1. The Labute approximate surface area is 283 Å². The normalized spacial score (nSPS) is 42.0. The molecule has 5 aliphatic rings. The van der Waals surface area contributed by atoms with E-state index >= 15 is 0 Å². The average molecular weight is 669 g/mol. The Balaban J connectivity index is 1.25. The molecule has 10 atom stereocenters. The molecule has 2 aromatic carbocycles. The van der Waals surface area contributed by atoms with E-state index in [1.165, 1.54) is 23.5 Å². The summed E-state index contributed by atoms with van der Waals surface area (Å²) < 4.78 is 146. The molecule has 244 valence electrons. The molecule has 3 fully saturated rings. The van der Waals surface area contributed by atoms with Crippen LogP contribution in [0.1, 0.15) is 56.3 Å². The lowest BCUT2D eigenvalue weighted by Crippen LogP contribution is -2.62. The summed E-state index contributed by atoms with van der Waals surface area (Å²) in [5, 5.41) is 35.4. The molecule has 4 aliphatic heterocycles. The molecule has 8 rings (SSSR count). The predicted octanol–water partition coefficient (Wildman–Crippen LogP) is 2.75. The maximum absolute atomic E-state index is 13.9. The number of fused-ring (bicyclic) bond motifs is 4. The highest BCUT2D eigenvalue weighted by molar-refractivity contribution is 7.10. The van der Waals surface area contributed by atoms with E-state index < -0.39 is 118 Å². The van der Waals surface area contributed by atoms with Crippen LogP contribution in [0.3, 0.4) is 0 Å². The Morgan fingerprint density at radius 2 is 1.74 bits per heavy atom. The van der Waals surface area contributed by atoms with Gasteiger partial charge in [0.1, 0.15) is 27.2 Å². The zero-order valence-corrected chi connectivity index (χ0v) is 24.0. The zero-order chi connectivity index (χ0) is 42.1. The van der Waals surface area contributed by atoms with Crippen LogP contribution in [-0.2, 0) is 28.5 Å². The quantitative estimate of drug-likeness (QED) is 0.329. The fraction of sp³-hybridized carbons (Fsp3) is 0.469. The molecule has 0 saturated carbocycles. The maximum atomic E-state index is 13.9. The van der Waals surface area contributed by atoms with Gasteiger partial charge >= 0.3 is 5.97 Å². The molecule has 1 aliphatic carbocycles. The number of rotatable bonds is 6. The summed E-state index contributed by atoms with van der Waals surface area (Å²) in [6.45, 7) is -8.31. The molecule has 14 heteroatoms. The molecule has 13 nitrogen and oxygen atoms in total. The fourth-order valence-corrected chi connectivity index (χ4v) is 7.13. The van der Waals surface area contributed by atoms with E-state index in [0.717, 1.165) is 12.1 Å². The molecular weight excluding hydrogens is 624 g/mol. The Morgan fingerprint density at radius 1 is 0.978 bits per heavy atom. The second kappa shape index (κ2) is 11.6. The number of ether oxygens (including phenoxy) is 9. The largest absolute Gasteiger partial charge is 0.502 e. The standard InChI is InChI=1S/C32H32O13S/c1-37-19-6-13(7-20(38-2)25(19)33)23-14-8-17-18(42-12-41-17)9-15(14)28(16-10-39-30(36)24(16)23)44-32-27(35)26(34)29-21(43-32)11-40-31(45-29)22-4-3-5-46-22/h3-9,16,21,23-24,26-29,31-35H,10-12H2,1-2H3/t16-,21+,23+,24-,26+,27+,28+,29+,31+,32-/m0/s1/i1D3,2D3,10D2,11D2,12D2. The smallest absolute Gasteiger partial charge is 0.310 e. The molecule has 5 heterocycles. The first kappa shape index (κ1) is 19.3. The number of hydrogen-bond donors (Lipinski definition) is 3. The van der Waals surface area contributed by atoms with E-state index in [9.17, 15) is 20.1 Å². The van der Waals surface area contributed by atoms with Gasteiger partial charge in [-0.1, -0.05) is 6.07 Å². The number of cyclic esters (lactones) is 1. The number of aliphatic hydroxyl groups is 2. The summed E-state index contributed by atoms with van der Waals surface area (Å²) in [4.78, 5) is 14.3. The molecule has 1 aromatic heterocycles. The van der Waals surface area contributed by atoms with Gasteiger partial charge in [-0.25, -0.2) is 0 Å². The van der Waals surface area contributed by atoms with Crippen LogP contribution >= 0.6 is 11.3 Å². The molecular formula is C32H32O13S. The number of methoxy groups -OCH3 is 2. The van der Waals surface area contributed by atoms with Crippen molar-refractivity contribution in [1.82, 2.24) is 0 Å². The Hall–Kier alpha value is -3.63. The van der Waals surface area contributed by atoms with Crippen LogP contribution < -0.4 is 18.9 Å². The minimum absolute atomic E-state index is 0.0199. The van der Waals surface area contributed by atoms with Gasteiger partial charge in [-0.3, -0.25) is 4.79 Å². The number of phenolic OH excluding ortho intramolecular Hbond substituents is 1. The molecule has 0 unspecified atom stereocenters. The van der Waals surface area contributed by atoms with E-state index in [1.54, 1.807) is 17.5 Å². The number of esters is 1. The van der Waals surface area contributed by atoms with Crippen LogP contribution in [0.4, 0.5) is 0 Å². The third-order valence-corrected chi connectivity index (χ3v) is 9.44. The van der Waals surface area contributed by atoms with Crippen molar-refractivity contribution in [2.24, 2.45) is 11.8 Å². The summed E-state index contributed by atoms with van der Waals surface area (Å²) >= 11 is 1.19. The average Bonchev–Trinajstić information content (AvgIpc) is 3.78. The van der Waals surface area contributed by atoms with Crippen LogP contribution in [0.15, 0.2) is 41.8 Å². The van der Waals surface area contributed by atoms with Crippen LogP contribution in [0.25, 0.3) is 0 Å². The minimum atomic E-state index is -3.21. The van der Waals surface area contributed by atoms with Crippen molar-refractivity contribution in [2.75, 3.05) is 33.9 Å². The van der Waals surface area contributed by atoms with Gasteiger partial charge in [-0.15, -0.1) is 11.3 Å². The van der Waals surface area contributed by atoms with Crippen molar-refractivity contribution < 1.29 is 79.2 Å². The molecule has 3 N–H and O–H groups in total. The van der Waals surface area contributed by atoms with Gasteiger partial charge in [0.05, 0.1) is 57.8 Å². The van der Waals surface area contributed by atoms with Gasteiger partial charge in [0.2, 0.25) is 12.5 Å². The van der Waals surface area contributed by atoms with Gasteiger partial charge in [-0.05, 0) is 52.4 Å². The lowest BCUT2D eigenvalue weighted by Gasteiger charge is -2.48. The first-order valence-corrected chi connectivity index (χ1v) is 14.8. The first-order chi connectivity index (χ1) is 26.8. The van der Waals surface area contributed by atoms with Crippen molar-refractivity contribution in [2.45, 2.75) is 49.0 Å². The highest BCUT2D eigenvalue weighted by Crippen LogP contribution is 2.57. The second-order valence-electron chi connectivity index (χ2n) is 11.0. The SMILES string of the molecule is [2H]C([2H])([2H])Oc1cc([C@@H]2c3cc4c(cc3[C@@H](O[C@@H]3O[C@H]5[C@@H](O[C@H](c6cccs6)OC5([2H])[2H])[C@H](O)[C@H]3O)[C@@H]3[C@@H]2C(=O)OC3([2H])[2H])OC([2H])([2H])O4)cc(OC([2H])([2H])[2H])c1O. The van der Waals surface area contributed by atoms with E-state index in [-0.39, 0.29) is 28.2 Å². The highest BCUT2D eigenvalue weighted by atomic mass is 32.1. The topological polar surface area (TPSA) is 161 Å². The van der Waals surface area contributed by atoms with Crippen molar-refractivity contribution in [3.05, 3.63) is 63.3 Å². The highest BCUT2D eigenvalue weighted by Gasteiger charge is 2.56. The third-order valence-electron chi connectivity index (χ3n) is 8.55. The molecule has 46 heavy (non-hydrogen) atoms. The predicted molar refractivity (Wildman–Crippen MR) is 156 cm³/mol. The van der Waals surface area contributed by atoms with Gasteiger partial charge in [-0.2, -0.15) is 0 Å². The van der Waals surface area contributed by atoms with Crippen molar-refractivity contribution >= 4 is 17.3 Å². The monoisotopic (exact) mass is 668 g/mol. The van der Waals surface area contributed by atoms with Crippen LogP contribution in [0.5, 0.6) is 28.7 Å². The summed E-state index contributed by atoms with van der Waals surface area (Å²) in [6.07, 6.45) is -12.1. The van der Waals surface area contributed by atoms with Crippen LogP contribution in [-0.4, -0.2) is 85.9 Å². The van der Waals surface area contributed by atoms with Crippen molar-refractivity contribution in [3.8, 4) is 28.7 Å². The van der Waals surface area contributed by atoms with Crippen LogP contribution in [0.2, 0.25) is 0 Å². The van der Waals surface area contributed by atoms with E-state index in [2.05, 4.69) is 0 Å². The Bertz CT molecular complexity index is 2060. The Kier molecular flexibility index (Phi) is 4.84. The lowest BCUT2D eigenvalue weighted by atomic mass is 9.66. The second-order valence-corrected chi connectivity index (χ2v) is 12.0. The van der Waals surface area contributed by atoms with Gasteiger partial charge in [0.15, 0.2) is 35.6 Å². The van der Waals surface area contributed by atoms with Gasteiger partial charge in [0, 0.05) is 11.8 Å². The third kappa shape index (κ3) is 4.70. The number of aliphatic hydroxyl groups excluding tert-OH is 2. The number of aromatic hydroxyl groups is 1. The van der Waals surface area contributed by atoms with Crippen LogP contribution in [0, 0.1) is 11.8 Å². The number of carbonyl (C=O) groups excluding carboxylic acids is 1. The lowest BCUT2D eigenvalue weighted by molar-refractivity contribution is -0.368. The fourth-order valence-electron chi connectivity index (χ4n) is 6.44. The number of thiophene rings is 1. The van der Waals surface area contributed by atoms with Gasteiger partial charge in [0.25, 0.3) is 0 Å². The molecule has 0 bridgehead atoms. The minimum Gasteiger partial charge on any atom is -0.502 e. The summed E-state index contributed by atoms with van der Waals surface area (Å²) in [6, 6.07) is 7.62. The summed E-state index contributed by atoms with van der Waals surface area (Å²) in [5.41, 5.74) is -0.282. The first-order valence-electron chi connectivity index (χ1n) is 19.9. The van der Waals surface area contributed by atoms with Gasteiger partial charge < -0.3 is 58.0 Å². The number of benzene rings is 2. The molecule has 3 saturated heterocycles. The van der Waals surface area contributed by atoms with E-state index in [1.807, 2.05) is 0 Å². The van der Waals surface area contributed by atoms with Crippen molar-refractivity contribution in [3.63, 3.8) is 0 Å².